The van der Waals surface area contributed by atoms with E-state index in [-0.39, 0.29) is 0 Å². The van der Waals surface area contributed by atoms with Gasteiger partial charge in [-0.05, 0) is 40.8 Å². The average Bonchev–Trinajstić information content (AvgIpc) is 2.40. The number of hydrogen-bond donors (Lipinski definition) is 2. The number of halogens is 1. The predicted octanol–water partition coefficient (Wildman–Crippen LogP) is 3.63. The van der Waals surface area contributed by atoms with Crippen molar-refractivity contribution in [1.29, 1.82) is 0 Å². The number of benzene rings is 2. The Morgan fingerprint density at radius 3 is 2.37 bits per heavy atom. The fraction of sp³-hybridized carbons (Fsp3) is 0.143. The molecular formula is C14H15IN2O2. The van der Waals surface area contributed by atoms with Gasteiger partial charge in [-0.25, -0.2) is 0 Å². The molecule has 2 aromatic carbocycles. The van der Waals surface area contributed by atoms with Crippen molar-refractivity contribution in [2.45, 2.75) is 0 Å². The van der Waals surface area contributed by atoms with Gasteiger partial charge in [-0.3, -0.25) is 0 Å². The molecule has 0 fully saturated rings. The fourth-order valence-corrected chi connectivity index (χ4v) is 2.27. The zero-order valence-electron chi connectivity index (χ0n) is 10.7. The molecule has 0 amide bonds. The summed E-state index contributed by atoms with van der Waals surface area (Å²) in [5, 5.41) is 3.27. The zero-order valence-corrected chi connectivity index (χ0v) is 12.9. The van der Waals surface area contributed by atoms with Crippen LogP contribution in [0, 0.1) is 3.57 Å². The molecule has 0 radical (unpaired) electrons. The highest BCUT2D eigenvalue weighted by atomic mass is 127. The van der Waals surface area contributed by atoms with Crippen molar-refractivity contribution < 1.29 is 9.47 Å². The summed E-state index contributed by atoms with van der Waals surface area (Å²) >= 11 is 2.27. The number of nitrogens with two attached hydrogens (primary N) is 1. The number of nitrogen functional groups attached to an aromatic ring is 1. The van der Waals surface area contributed by atoms with Crippen LogP contribution in [0.1, 0.15) is 0 Å². The third kappa shape index (κ3) is 3.23. The second-order valence-electron chi connectivity index (χ2n) is 3.93. The minimum absolute atomic E-state index is 0.608. The summed E-state index contributed by atoms with van der Waals surface area (Å²) in [7, 11) is 3.19. The Bertz CT molecular complexity index is 588. The van der Waals surface area contributed by atoms with E-state index in [2.05, 4.69) is 27.9 Å². The highest BCUT2D eigenvalue weighted by Crippen LogP contribution is 2.36. The summed E-state index contributed by atoms with van der Waals surface area (Å²) in [5.74, 6) is 1.26. The first-order chi connectivity index (χ1) is 9.13. The molecular weight excluding hydrogens is 355 g/mol. The van der Waals surface area contributed by atoms with Gasteiger partial charge in [0.05, 0.1) is 25.6 Å². The van der Waals surface area contributed by atoms with Gasteiger partial charge >= 0.3 is 0 Å². The maximum atomic E-state index is 6.01. The first-order valence-electron chi connectivity index (χ1n) is 5.68. The van der Waals surface area contributed by atoms with Gasteiger partial charge in [0, 0.05) is 21.4 Å². The third-order valence-electron chi connectivity index (χ3n) is 2.66. The van der Waals surface area contributed by atoms with Crippen LogP contribution >= 0.6 is 22.6 Å². The predicted molar refractivity (Wildman–Crippen MR) is 86.4 cm³/mol. The summed E-state index contributed by atoms with van der Waals surface area (Å²) in [6, 6.07) is 11.6. The molecule has 0 unspecified atom stereocenters. The summed E-state index contributed by atoms with van der Waals surface area (Å²) in [4.78, 5) is 0. The van der Waals surface area contributed by atoms with Crippen LogP contribution in [-0.4, -0.2) is 14.2 Å². The highest BCUT2D eigenvalue weighted by Gasteiger charge is 2.09. The molecule has 5 heteroatoms. The van der Waals surface area contributed by atoms with Crippen LogP contribution < -0.4 is 20.5 Å². The van der Waals surface area contributed by atoms with Crippen molar-refractivity contribution in [2.75, 3.05) is 25.3 Å². The molecule has 0 spiro atoms. The number of rotatable bonds is 4. The lowest BCUT2D eigenvalue weighted by Crippen LogP contribution is -1.99. The van der Waals surface area contributed by atoms with Crippen molar-refractivity contribution in [3.8, 4) is 11.5 Å². The Morgan fingerprint density at radius 2 is 1.74 bits per heavy atom. The van der Waals surface area contributed by atoms with Gasteiger partial charge < -0.3 is 20.5 Å². The van der Waals surface area contributed by atoms with Gasteiger partial charge in [0.15, 0.2) is 11.5 Å². The van der Waals surface area contributed by atoms with Gasteiger partial charge in [0.2, 0.25) is 0 Å². The van der Waals surface area contributed by atoms with E-state index in [0.29, 0.717) is 17.2 Å². The van der Waals surface area contributed by atoms with Gasteiger partial charge in [-0.1, -0.05) is 6.07 Å². The SMILES string of the molecule is COc1cc(N)c(Nc2cccc(I)c2)cc1OC. The van der Waals surface area contributed by atoms with Crippen LogP contribution in [0.2, 0.25) is 0 Å². The summed E-state index contributed by atoms with van der Waals surface area (Å²) < 4.78 is 11.6. The Hall–Kier alpha value is -1.63. The van der Waals surface area contributed by atoms with Crippen LogP contribution in [-0.2, 0) is 0 Å². The van der Waals surface area contributed by atoms with Crippen LogP contribution in [0.3, 0.4) is 0 Å². The van der Waals surface area contributed by atoms with Gasteiger partial charge in [-0.2, -0.15) is 0 Å². The lowest BCUT2D eigenvalue weighted by Gasteiger charge is -2.14. The normalized spacial score (nSPS) is 10.1. The van der Waals surface area contributed by atoms with Crippen molar-refractivity contribution >= 4 is 39.7 Å². The molecule has 0 aliphatic rings. The van der Waals surface area contributed by atoms with E-state index < -0.39 is 0 Å². The number of ether oxygens (including phenoxy) is 2. The largest absolute Gasteiger partial charge is 0.493 e. The van der Waals surface area contributed by atoms with E-state index in [4.69, 9.17) is 15.2 Å². The van der Waals surface area contributed by atoms with Crippen molar-refractivity contribution in [1.82, 2.24) is 0 Å². The molecule has 2 aromatic rings. The molecule has 0 saturated carbocycles. The van der Waals surface area contributed by atoms with Gasteiger partial charge in [0.25, 0.3) is 0 Å². The van der Waals surface area contributed by atoms with Gasteiger partial charge in [-0.15, -0.1) is 0 Å². The molecule has 19 heavy (non-hydrogen) atoms. The van der Waals surface area contributed by atoms with Crippen LogP contribution in [0.25, 0.3) is 0 Å². The Morgan fingerprint density at radius 1 is 1.05 bits per heavy atom. The fourth-order valence-electron chi connectivity index (χ4n) is 1.72. The van der Waals surface area contributed by atoms with E-state index in [1.807, 2.05) is 30.3 Å². The second-order valence-corrected chi connectivity index (χ2v) is 5.18. The number of hydrogen-bond acceptors (Lipinski definition) is 4. The molecule has 4 nitrogen and oxygen atoms in total. The van der Waals surface area contributed by atoms with E-state index in [0.717, 1.165) is 14.9 Å². The monoisotopic (exact) mass is 370 g/mol. The second kappa shape index (κ2) is 6.01. The highest BCUT2D eigenvalue weighted by molar-refractivity contribution is 14.1. The Balaban J connectivity index is 2.35. The molecule has 0 aliphatic carbocycles. The lowest BCUT2D eigenvalue weighted by atomic mass is 10.2. The molecule has 100 valence electrons. The average molecular weight is 370 g/mol. The third-order valence-corrected chi connectivity index (χ3v) is 3.33. The van der Waals surface area contributed by atoms with E-state index in [1.165, 1.54) is 0 Å². The van der Waals surface area contributed by atoms with E-state index in [9.17, 15) is 0 Å². The van der Waals surface area contributed by atoms with Gasteiger partial charge in [0.1, 0.15) is 0 Å². The summed E-state index contributed by atoms with van der Waals surface area (Å²) in [5.41, 5.74) is 8.38. The number of methoxy groups -OCH3 is 2. The van der Waals surface area contributed by atoms with E-state index in [1.54, 1.807) is 20.3 Å². The molecule has 0 saturated heterocycles. The van der Waals surface area contributed by atoms with Crippen LogP contribution in [0.15, 0.2) is 36.4 Å². The van der Waals surface area contributed by atoms with Crippen LogP contribution in [0.5, 0.6) is 11.5 Å². The molecule has 0 aliphatic heterocycles. The summed E-state index contributed by atoms with van der Waals surface area (Å²) in [6.45, 7) is 0. The summed E-state index contributed by atoms with van der Waals surface area (Å²) in [6.07, 6.45) is 0. The number of nitrogens with one attached hydrogen (secondary N) is 1. The standard InChI is InChI=1S/C14H15IN2O2/c1-18-13-7-11(16)12(8-14(13)19-2)17-10-5-3-4-9(15)6-10/h3-8,17H,16H2,1-2H3. The minimum Gasteiger partial charge on any atom is -0.493 e. The topological polar surface area (TPSA) is 56.5 Å². The quantitative estimate of drug-likeness (QED) is 0.638. The lowest BCUT2D eigenvalue weighted by molar-refractivity contribution is 0.355. The number of anilines is 3. The van der Waals surface area contributed by atoms with Crippen molar-refractivity contribution in [3.63, 3.8) is 0 Å². The molecule has 0 atom stereocenters. The maximum absolute atomic E-state index is 6.01. The Labute approximate surface area is 126 Å². The molecule has 0 bridgehead atoms. The smallest absolute Gasteiger partial charge is 0.162 e. The Kier molecular flexibility index (Phi) is 4.36. The van der Waals surface area contributed by atoms with Crippen molar-refractivity contribution in [2.24, 2.45) is 0 Å². The molecule has 0 aromatic heterocycles. The molecule has 3 N–H and O–H groups in total. The minimum atomic E-state index is 0.608. The molecule has 0 heterocycles. The first kappa shape index (κ1) is 13.8. The molecule has 2 rings (SSSR count). The van der Waals surface area contributed by atoms with Crippen LogP contribution in [0.4, 0.5) is 17.1 Å². The first-order valence-corrected chi connectivity index (χ1v) is 6.76. The van der Waals surface area contributed by atoms with E-state index >= 15 is 0 Å². The van der Waals surface area contributed by atoms with Crippen molar-refractivity contribution in [3.05, 3.63) is 40.0 Å². The zero-order chi connectivity index (χ0) is 13.8. The maximum Gasteiger partial charge on any atom is 0.162 e.